The standard InChI is InChI=1S/C61H48N6O/c1-37-13-21-41(22-14-37)55-62-56(42-23-15-38(2)16-24-42)65-59(64-55)49-11-7-9-45(33-49)47-29-31-53-51(35-47)61(5,6)52-36-48(30-32-54(52)68-53)46-10-8-12-50(34-46)60-66-57(43-25-17-39(3)18-26-43)63-58(67-60)44-27-19-40(4)20-28-44/h7-36H,1-6H3. The predicted octanol–water partition coefficient (Wildman–Crippen LogP) is 15.1. The van der Waals surface area contributed by atoms with Crippen molar-refractivity contribution in [1.29, 1.82) is 0 Å². The maximum atomic E-state index is 6.68. The topological polar surface area (TPSA) is 86.6 Å². The van der Waals surface area contributed by atoms with E-state index in [1.807, 2.05) is 0 Å². The number of rotatable bonds is 8. The maximum absolute atomic E-state index is 6.68. The van der Waals surface area contributed by atoms with Crippen molar-refractivity contribution in [3.8, 4) is 102 Å². The molecule has 10 aromatic rings. The van der Waals surface area contributed by atoms with Crippen LogP contribution in [0.25, 0.3) is 90.6 Å². The van der Waals surface area contributed by atoms with Crippen LogP contribution in [0.5, 0.6) is 11.5 Å². The summed E-state index contributed by atoms with van der Waals surface area (Å²) in [5, 5.41) is 0. The van der Waals surface area contributed by atoms with E-state index >= 15 is 0 Å². The van der Waals surface area contributed by atoms with Gasteiger partial charge in [-0.3, -0.25) is 0 Å². The van der Waals surface area contributed by atoms with E-state index in [9.17, 15) is 0 Å². The molecule has 0 radical (unpaired) electrons. The summed E-state index contributed by atoms with van der Waals surface area (Å²) in [6.07, 6.45) is 0. The average molecular weight is 881 g/mol. The SMILES string of the molecule is Cc1ccc(-c2nc(-c3ccc(C)cc3)nc(-c3cccc(-c4ccc5c(c4)C(C)(C)c4cc(-c6cccc(-c7nc(-c8ccc(C)cc8)nc(-c8ccc(C)cc8)n7)c6)ccc4O5)c3)n2)cc1. The Morgan fingerprint density at radius 2 is 0.529 bits per heavy atom. The maximum Gasteiger partial charge on any atom is 0.164 e. The zero-order valence-corrected chi connectivity index (χ0v) is 38.9. The van der Waals surface area contributed by atoms with Crippen molar-refractivity contribution in [1.82, 2.24) is 29.9 Å². The lowest BCUT2D eigenvalue weighted by molar-refractivity contribution is 0.418. The number of hydrogen-bond acceptors (Lipinski definition) is 7. The minimum atomic E-state index is -0.385. The van der Waals surface area contributed by atoms with E-state index in [0.717, 1.165) is 78.3 Å². The summed E-state index contributed by atoms with van der Waals surface area (Å²) in [7, 11) is 0. The first-order chi connectivity index (χ1) is 33.0. The second kappa shape index (κ2) is 17.1. The highest BCUT2D eigenvalue weighted by Crippen LogP contribution is 2.50. The summed E-state index contributed by atoms with van der Waals surface area (Å²) in [6, 6.07) is 63.2. The van der Waals surface area contributed by atoms with Crippen molar-refractivity contribution >= 4 is 0 Å². The van der Waals surface area contributed by atoms with E-state index in [1.54, 1.807) is 0 Å². The first-order valence-electron chi connectivity index (χ1n) is 23.0. The number of hydrogen-bond donors (Lipinski definition) is 0. The third-order valence-electron chi connectivity index (χ3n) is 12.9. The normalized spacial score (nSPS) is 12.5. The molecule has 0 N–H and O–H groups in total. The Kier molecular flexibility index (Phi) is 10.6. The van der Waals surface area contributed by atoms with Gasteiger partial charge in [-0.1, -0.05) is 182 Å². The van der Waals surface area contributed by atoms with Crippen molar-refractivity contribution in [2.45, 2.75) is 47.0 Å². The quantitative estimate of drug-likeness (QED) is 0.150. The van der Waals surface area contributed by atoms with Crippen molar-refractivity contribution in [2.75, 3.05) is 0 Å². The third-order valence-corrected chi connectivity index (χ3v) is 12.9. The van der Waals surface area contributed by atoms with Crippen LogP contribution in [0.1, 0.15) is 47.2 Å². The fourth-order valence-corrected chi connectivity index (χ4v) is 8.85. The molecule has 8 aromatic carbocycles. The Balaban J connectivity index is 0.928. The van der Waals surface area contributed by atoms with Crippen molar-refractivity contribution in [3.05, 3.63) is 215 Å². The molecular formula is C61H48N6O. The molecule has 7 heteroatoms. The molecule has 2 aromatic heterocycles. The van der Waals surface area contributed by atoms with Crippen LogP contribution in [0.3, 0.4) is 0 Å². The van der Waals surface area contributed by atoms with Crippen LogP contribution in [0.15, 0.2) is 182 Å². The lowest BCUT2D eigenvalue weighted by Gasteiger charge is -2.35. The highest BCUT2D eigenvalue weighted by Gasteiger charge is 2.35. The van der Waals surface area contributed by atoms with Crippen LogP contribution < -0.4 is 4.74 Å². The zero-order valence-electron chi connectivity index (χ0n) is 38.9. The van der Waals surface area contributed by atoms with E-state index in [1.165, 1.54) is 22.3 Å². The molecule has 1 aliphatic rings. The Morgan fingerprint density at radius 3 is 0.838 bits per heavy atom. The van der Waals surface area contributed by atoms with Crippen LogP contribution in [0.4, 0.5) is 0 Å². The predicted molar refractivity (Wildman–Crippen MR) is 274 cm³/mol. The van der Waals surface area contributed by atoms with Gasteiger partial charge >= 0.3 is 0 Å². The van der Waals surface area contributed by atoms with Gasteiger partial charge in [0.2, 0.25) is 0 Å². The summed E-state index contributed by atoms with van der Waals surface area (Å²) in [5.74, 6) is 5.49. The Morgan fingerprint density at radius 1 is 0.279 bits per heavy atom. The molecule has 0 atom stereocenters. The third kappa shape index (κ3) is 8.24. The first-order valence-corrected chi connectivity index (χ1v) is 23.0. The van der Waals surface area contributed by atoms with Gasteiger partial charge in [0.25, 0.3) is 0 Å². The summed E-state index contributed by atoms with van der Waals surface area (Å²) in [5.41, 5.74) is 16.4. The van der Waals surface area contributed by atoms with Crippen molar-refractivity contribution < 1.29 is 4.74 Å². The molecule has 0 unspecified atom stereocenters. The smallest absolute Gasteiger partial charge is 0.164 e. The van der Waals surface area contributed by atoms with Gasteiger partial charge in [0, 0.05) is 49.9 Å². The fraction of sp³-hybridized carbons (Fsp3) is 0.115. The molecule has 0 bridgehead atoms. The van der Waals surface area contributed by atoms with Gasteiger partial charge in [0.15, 0.2) is 34.9 Å². The molecular weight excluding hydrogens is 833 g/mol. The zero-order chi connectivity index (χ0) is 46.5. The summed E-state index contributed by atoms with van der Waals surface area (Å²) >= 11 is 0. The van der Waals surface area contributed by atoms with Gasteiger partial charge in [-0.25, -0.2) is 29.9 Å². The van der Waals surface area contributed by atoms with Gasteiger partial charge in [-0.05, 0) is 86.3 Å². The second-order valence-electron chi connectivity index (χ2n) is 18.4. The second-order valence-corrected chi connectivity index (χ2v) is 18.4. The number of aryl methyl sites for hydroxylation is 4. The van der Waals surface area contributed by atoms with Gasteiger partial charge in [0.05, 0.1) is 0 Å². The molecule has 0 spiro atoms. The van der Waals surface area contributed by atoms with Crippen LogP contribution in [-0.4, -0.2) is 29.9 Å². The first kappa shape index (κ1) is 42.2. The van der Waals surface area contributed by atoms with E-state index in [2.05, 4.69) is 224 Å². The molecule has 0 aliphatic carbocycles. The molecule has 3 heterocycles. The van der Waals surface area contributed by atoms with E-state index in [0.29, 0.717) is 34.9 Å². The van der Waals surface area contributed by atoms with Gasteiger partial charge < -0.3 is 4.74 Å². The number of ether oxygens (including phenoxy) is 1. The molecule has 7 nitrogen and oxygen atoms in total. The molecule has 1 aliphatic heterocycles. The van der Waals surface area contributed by atoms with E-state index in [-0.39, 0.29) is 5.41 Å². The number of benzene rings is 8. The van der Waals surface area contributed by atoms with Crippen LogP contribution in [-0.2, 0) is 5.41 Å². The molecule has 0 fully saturated rings. The molecule has 68 heavy (non-hydrogen) atoms. The van der Waals surface area contributed by atoms with E-state index < -0.39 is 0 Å². The number of fused-ring (bicyclic) bond motifs is 2. The molecule has 0 saturated carbocycles. The molecule has 0 amide bonds. The van der Waals surface area contributed by atoms with E-state index in [4.69, 9.17) is 34.6 Å². The Bertz CT molecular complexity index is 3160. The minimum Gasteiger partial charge on any atom is -0.457 e. The fourth-order valence-electron chi connectivity index (χ4n) is 8.85. The summed E-state index contributed by atoms with van der Waals surface area (Å²) in [4.78, 5) is 30.1. The number of aromatic nitrogens is 6. The van der Waals surface area contributed by atoms with Crippen molar-refractivity contribution in [3.63, 3.8) is 0 Å². The molecule has 11 rings (SSSR count). The molecule has 328 valence electrons. The van der Waals surface area contributed by atoms with Gasteiger partial charge in [-0.2, -0.15) is 0 Å². The monoisotopic (exact) mass is 880 g/mol. The van der Waals surface area contributed by atoms with Gasteiger partial charge in [0.1, 0.15) is 11.5 Å². The summed E-state index contributed by atoms with van der Waals surface area (Å²) < 4.78 is 6.68. The summed E-state index contributed by atoms with van der Waals surface area (Å²) in [6.45, 7) is 12.9. The Labute approximate surface area is 397 Å². The largest absolute Gasteiger partial charge is 0.457 e. The Hall–Kier alpha value is -8.42. The lowest BCUT2D eigenvalue weighted by Crippen LogP contribution is -2.24. The highest BCUT2D eigenvalue weighted by atomic mass is 16.5. The molecule has 0 saturated heterocycles. The van der Waals surface area contributed by atoms with Gasteiger partial charge in [-0.15, -0.1) is 0 Å². The average Bonchev–Trinajstić information content (AvgIpc) is 3.37. The minimum absolute atomic E-state index is 0.385. The van der Waals surface area contributed by atoms with Crippen LogP contribution in [0, 0.1) is 27.7 Å². The van der Waals surface area contributed by atoms with Crippen molar-refractivity contribution in [2.24, 2.45) is 0 Å². The number of nitrogens with zero attached hydrogens (tertiary/aromatic N) is 6. The van der Waals surface area contributed by atoms with Crippen LogP contribution >= 0.6 is 0 Å². The highest BCUT2D eigenvalue weighted by molar-refractivity contribution is 5.77. The van der Waals surface area contributed by atoms with Crippen LogP contribution in [0.2, 0.25) is 0 Å². The lowest BCUT2D eigenvalue weighted by atomic mass is 9.74.